The van der Waals surface area contributed by atoms with E-state index >= 15 is 0 Å². The van der Waals surface area contributed by atoms with E-state index in [4.69, 9.17) is 11.6 Å². The molecule has 5 rings (SSSR count). The molecule has 1 saturated carbocycles. The van der Waals surface area contributed by atoms with Crippen LogP contribution in [-0.2, 0) is 4.79 Å². The van der Waals surface area contributed by atoms with Crippen molar-refractivity contribution in [3.8, 4) is 0 Å². The number of aromatic nitrogens is 2. The van der Waals surface area contributed by atoms with Crippen LogP contribution in [0.1, 0.15) is 35.7 Å². The van der Waals surface area contributed by atoms with Gasteiger partial charge in [-0.15, -0.1) is 0 Å². The molecule has 2 amide bonds. The number of nitrogens with one attached hydrogen (secondary N) is 2. The second kappa shape index (κ2) is 8.06. The van der Waals surface area contributed by atoms with Crippen molar-refractivity contribution >= 4 is 45.8 Å². The third-order valence-corrected chi connectivity index (χ3v) is 6.36. The fourth-order valence-corrected chi connectivity index (χ4v) is 4.45. The van der Waals surface area contributed by atoms with Gasteiger partial charge in [-0.05, 0) is 60.2 Å². The number of halogens is 2. The highest BCUT2D eigenvalue weighted by Gasteiger charge is 2.31. The molecule has 1 atom stereocenters. The number of rotatable bonds is 4. The van der Waals surface area contributed by atoms with Crippen LogP contribution in [0.25, 0.3) is 16.6 Å². The fourth-order valence-electron chi connectivity index (χ4n) is 4.20. The summed E-state index contributed by atoms with van der Waals surface area (Å²) in [5.41, 5.74) is 3.08. The SMILES string of the molecule is CC1CN(C(=O)c2ccc(F)cc2Cl)CC=C1c1cc(NC(=O)C2CC2)nc2[nH]ccc12. The van der Waals surface area contributed by atoms with Gasteiger partial charge in [-0.25, -0.2) is 9.37 Å². The minimum Gasteiger partial charge on any atom is -0.346 e. The zero-order valence-electron chi connectivity index (χ0n) is 17.5. The summed E-state index contributed by atoms with van der Waals surface area (Å²) in [4.78, 5) is 34.6. The Hall–Kier alpha value is -3.19. The van der Waals surface area contributed by atoms with Crippen molar-refractivity contribution in [2.75, 3.05) is 18.4 Å². The van der Waals surface area contributed by atoms with Crippen LogP contribution in [0.2, 0.25) is 5.02 Å². The number of pyridine rings is 1. The van der Waals surface area contributed by atoms with Gasteiger partial charge in [0.1, 0.15) is 17.3 Å². The van der Waals surface area contributed by atoms with Crippen LogP contribution in [-0.4, -0.2) is 39.8 Å². The summed E-state index contributed by atoms with van der Waals surface area (Å²) in [6, 6.07) is 7.69. The second-order valence-electron chi connectivity index (χ2n) is 8.45. The molecule has 164 valence electrons. The normalized spacial score (nSPS) is 18.5. The van der Waals surface area contributed by atoms with Crippen LogP contribution in [0, 0.1) is 17.7 Å². The number of fused-ring (bicyclic) bond motifs is 1. The summed E-state index contributed by atoms with van der Waals surface area (Å²) < 4.78 is 13.4. The van der Waals surface area contributed by atoms with E-state index in [0.29, 0.717) is 30.1 Å². The number of carbonyl (C=O) groups excluding carboxylic acids is 2. The van der Waals surface area contributed by atoms with E-state index in [2.05, 4.69) is 22.2 Å². The van der Waals surface area contributed by atoms with Gasteiger partial charge in [-0.2, -0.15) is 0 Å². The number of H-pyrrole nitrogens is 1. The summed E-state index contributed by atoms with van der Waals surface area (Å²) in [5, 5.41) is 4.01. The molecule has 1 aromatic carbocycles. The van der Waals surface area contributed by atoms with Gasteiger partial charge in [0.15, 0.2) is 0 Å². The molecular weight excluding hydrogens is 431 g/mol. The predicted molar refractivity (Wildman–Crippen MR) is 122 cm³/mol. The van der Waals surface area contributed by atoms with Gasteiger partial charge in [0.05, 0.1) is 10.6 Å². The lowest BCUT2D eigenvalue weighted by atomic mass is 9.89. The van der Waals surface area contributed by atoms with Crippen LogP contribution < -0.4 is 5.32 Å². The molecule has 1 unspecified atom stereocenters. The molecule has 0 spiro atoms. The summed E-state index contributed by atoms with van der Waals surface area (Å²) in [7, 11) is 0. The Morgan fingerprint density at radius 1 is 1.25 bits per heavy atom. The third kappa shape index (κ3) is 3.88. The van der Waals surface area contributed by atoms with E-state index < -0.39 is 5.82 Å². The molecule has 2 N–H and O–H groups in total. The molecule has 3 heterocycles. The first-order chi connectivity index (χ1) is 15.4. The van der Waals surface area contributed by atoms with Gasteiger partial charge in [0.2, 0.25) is 5.91 Å². The lowest BCUT2D eigenvalue weighted by Gasteiger charge is -2.32. The molecule has 1 aliphatic heterocycles. The molecule has 6 nitrogen and oxygen atoms in total. The van der Waals surface area contributed by atoms with Crippen molar-refractivity contribution in [3.63, 3.8) is 0 Å². The first kappa shape index (κ1) is 20.7. The Morgan fingerprint density at radius 2 is 2.06 bits per heavy atom. The molecule has 2 aromatic heterocycles. The van der Waals surface area contributed by atoms with Crippen LogP contribution in [0.3, 0.4) is 0 Å². The molecule has 0 radical (unpaired) electrons. The van der Waals surface area contributed by atoms with E-state index in [1.807, 2.05) is 24.4 Å². The quantitative estimate of drug-likeness (QED) is 0.592. The highest BCUT2D eigenvalue weighted by atomic mass is 35.5. The molecule has 32 heavy (non-hydrogen) atoms. The molecular formula is C24H22ClFN4O2. The van der Waals surface area contributed by atoms with E-state index in [1.165, 1.54) is 12.1 Å². The molecule has 0 saturated heterocycles. The number of nitrogens with zero attached hydrogens (tertiary/aromatic N) is 2. The highest BCUT2D eigenvalue weighted by Crippen LogP contribution is 2.35. The van der Waals surface area contributed by atoms with E-state index in [9.17, 15) is 14.0 Å². The fraction of sp³-hybridized carbons (Fsp3) is 0.292. The van der Waals surface area contributed by atoms with Crippen LogP contribution in [0.15, 0.2) is 42.6 Å². The Kier molecular flexibility index (Phi) is 5.21. The maximum Gasteiger partial charge on any atom is 0.255 e. The number of hydrogen-bond donors (Lipinski definition) is 2. The van der Waals surface area contributed by atoms with Gasteiger partial charge in [-0.1, -0.05) is 24.6 Å². The van der Waals surface area contributed by atoms with Crippen molar-refractivity contribution in [1.82, 2.24) is 14.9 Å². The van der Waals surface area contributed by atoms with Crippen LogP contribution in [0.5, 0.6) is 0 Å². The number of amides is 2. The smallest absolute Gasteiger partial charge is 0.255 e. The van der Waals surface area contributed by atoms with Crippen molar-refractivity contribution in [3.05, 3.63) is 64.6 Å². The number of hydrogen-bond acceptors (Lipinski definition) is 3. The topological polar surface area (TPSA) is 78.1 Å². The number of benzene rings is 1. The summed E-state index contributed by atoms with van der Waals surface area (Å²) in [5.74, 6) is -0.0382. The first-order valence-electron chi connectivity index (χ1n) is 10.6. The maximum atomic E-state index is 13.4. The largest absolute Gasteiger partial charge is 0.346 e. The van der Waals surface area contributed by atoms with E-state index in [1.54, 1.807) is 4.90 Å². The lowest BCUT2D eigenvalue weighted by molar-refractivity contribution is -0.117. The van der Waals surface area contributed by atoms with Gasteiger partial charge >= 0.3 is 0 Å². The summed E-state index contributed by atoms with van der Waals surface area (Å²) in [6.45, 7) is 2.96. The average molecular weight is 453 g/mol. The second-order valence-corrected chi connectivity index (χ2v) is 8.86. The standard InChI is InChI=1S/C24H22ClFN4O2/c1-13-12-30(24(32)18-5-4-15(26)10-20(18)25)9-7-16(13)19-11-21(29-23(31)14-2-3-14)28-22-17(19)6-8-27-22/h4-8,10-11,13-14H,2-3,9,12H2,1H3,(H2,27,28,29,31). The van der Waals surface area contributed by atoms with Crippen molar-refractivity contribution in [1.29, 1.82) is 0 Å². The van der Waals surface area contributed by atoms with Crippen molar-refractivity contribution < 1.29 is 14.0 Å². The van der Waals surface area contributed by atoms with Gasteiger partial charge in [0, 0.05) is 30.6 Å². The summed E-state index contributed by atoms with van der Waals surface area (Å²) >= 11 is 6.10. The summed E-state index contributed by atoms with van der Waals surface area (Å²) in [6.07, 6.45) is 5.70. The zero-order valence-corrected chi connectivity index (χ0v) is 18.2. The molecule has 3 aromatic rings. The molecule has 1 fully saturated rings. The predicted octanol–water partition coefficient (Wildman–Crippen LogP) is 4.88. The molecule has 1 aliphatic carbocycles. The monoisotopic (exact) mass is 452 g/mol. The Bertz CT molecular complexity index is 1260. The minimum absolute atomic E-state index is 0.00739. The zero-order chi connectivity index (χ0) is 22.4. The van der Waals surface area contributed by atoms with Crippen molar-refractivity contribution in [2.45, 2.75) is 19.8 Å². The van der Waals surface area contributed by atoms with Crippen molar-refractivity contribution in [2.24, 2.45) is 11.8 Å². The average Bonchev–Trinajstić information content (AvgIpc) is 3.51. The lowest BCUT2D eigenvalue weighted by Crippen LogP contribution is -2.38. The number of carbonyl (C=O) groups is 2. The number of anilines is 1. The van der Waals surface area contributed by atoms with Gasteiger partial charge in [0.25, 0.3) is 5.91 Å². The Morgan fingerprint density at radius 3 is 2.78 bits per heavy atom. The van der Waals surface area contributed by atoms with E-state index in [0.717, 1.165) is 35.4 Å². The minimum atomic E-state index is -0.474. The Labute approximate surface area is 189 Å². The van der Waals surface area contributed by atoms with E-state index in [-0.39, 0.29) is 28.7 Å². The van der Waals surface area contributed by atoms with Crippen LogP contribution in [0.4, 0.5) is 10.2 Å². The first-order valence-corrected chi connectivity index (χ1v) is 11.0. The third-order valence-electron chi connectivity index (χ3n) is 6.04. The molecule has 8 heteroatoms. The van der Waals surface area contributed by atoms with Gasteiger partial charge in [-0.3, -0.25) is 9.59 Å². The molecule has 0 bridgehead atoms. The number of aromatic amines is 1. The molecule has 2 aliphatic rings. The van der Waals surface area contributed by atoms with Crippen LogP contribution >= 0.6 is 11.6 Å². The Balaban J connectivity index is 1.44. The highest BCUT2D eigenvalue weighted by molar-refractivity contribution is 6.33. The maximum absolute atomic E-state index is 13.4. The van der Waals surface area contributed by atoms with Gasteiger partial charge < -0.3 is 15.2 Å².